The summed E-state index contributed by atoms with van der Waals surface area (Å²) < 4.78 is 132. The van der Waals surface area contributed by atoms with Crippen LogP contribution in [-0.4, -0.2) is 19.1 Å². The first-order chi connectivity index (χ1) is 20.6. The molecule has 2 aliphatic rings. The Morgan fingerprint density at radius 3 is 2.02 bits per heavy atom. The first-order valence-corrected chi connectivity index (χ1v) is 14.7. The van der Waals surface area contributed by atoms with Crippen molar-refractivity contribution < 1.29 is 49.0 Å². The maximum atomic E-state index is 15.2. The number of allylic oxidation sites excluding steroid dienone is 2. The lowest BCUT2D eigenvalue weighted by molar-refractivity contribution is -0.305. The Morgan fingerprint density at radius 2 is 1.45 bits per heavy atom. The van der Waals surface area contributed by atoms with Gasteiger partial charge in [0.25, 0.3) is 0 Å². The molecule has 2 nitrogen and oxygen atoms in total. The molecule has 0 amide bonds. The van der Waals surface area contributed by atoms with Crippen molar-refractivity contribution in [3.8, 4) is 11.1 Å². The smallest absolute Gasteiger partial charge is 0.400 e. The fourth-order valence-corrected chi connectivity index (χ4v) is 6.21. The lowest BCUT2D eigenvalue weighted by Crippen LogP contribution is -2.34. The van der Waals surface area contributed by atoms with Crippen LogP contribution < -0.4 is 0 Å². The summed E-state index contributed by atoms with van der Waals surface area (Å²) in [6.07, 6.45) is -4.41. The van der Waals surface area contributed by atoms with Crippen molar-refractivity contribution in [3.05, 3.63) is 82.6 Å². The molecule has 2 aromatic rings. The van der Waals surface area contributed by atoms with Gasteiger partial charge < -0.3 is 9.47 Å². The molecule has 0 bridgehead atoms. The highest BCUT2D eigenvalue weighted by molar-refractivity contribution is 5.65. The fourth-order valence-electron chi connectivity index (χ4n) is 6.21. The predicted molar refractivity (Wildman–Crippen MR) is 148 cm³/mol. The van der Waals surface area contributed by atoms with Crippen LogP contribution in [0.3, 0.4) is 0 Å². The third kappa shape index (κ3) is 8.61. The average Bonchev–Trinajstić information content (AvgIpc) is 2.95. The van der Waals surface area contributed by atoms with Gasteiger partial charge in [0.1, 0.15) is 17.5 Å². The van der Waals surface area contributed by atoms with E-state index in [2.05, 4.69) is 16.4 Å². The monoisotopic (exact) mass is 634 g/mol. The largest absolute Gasteiger partial charge is 0.573 e. The molecule has 2 aliphatic carbocycles. The first kappa shape index (κ1) is 33.9. The Hall–Kier alpha value is -2.95. The molecule has 0 aromatic heterocycles. The molecule has 0 aliphatic heterocycles. The quantitative estimate of drug-likeness (QED) is 0.155. The minimum absolute atomic E-state index is 0.0625. The second-order valence-electron chi connectivity index (χ2n) is 11.8. The van der Waals surface area contributed by atoms with Gasteiger partial charge in [0.15, 0.2) is 11.6 Å². The molecule has 2 saturated carbocycles. The summed E-state index contributed by atoms with van der Waals surface area (Å²) in [6.45, 7) is 1.60. The molecule has 242 valence electrons. The number of alkyl halides is 5. The molecule has 2 aromatic carbocycles. The fraction of sp³-hybridized carbons (Fsp3) is 0.515. The Labute approximate surface area is 250 Å². The zero-order valence-electron chi connectivity index (χ0n) is 24.4. The molecule has 0 radical (unpaired) electrons. The number of hydrogen-bond acceptors (Lipinski definition) is 2. The van der Waals surface area contributed by atoms with E-state index in [4.69, 9.17) is 0 Å². The molecule has 0 atom stereocenters. The molecular weight excluding hydrogens is 599 g/mol. The van der Waals surface area contributed by atoms with Crippen molar-refractivity contribution in [3.63, 3.8) is 0 Å². The van der Waals surface area contributed by atoms with E-state index in [1.54, 1.807) is 18.2 Å². The summed E-state index contributed by atoms with van der Waals surface area (Å²) in [6, 6.07) is 9.52. The van der Waals surface area contributed by atoms with E-state index >= 15 is 8.78 Å². The van der Waals surface area contributed by atoms with Crippen molar-refractivity contribution in [2.45, 2.75) is 89.5 Å². The molecule has 44 heavy (non-hydrogen) atoms. The van der Waals surface area contributed by atoms with Crippen LogP contribution >= 0.6 is 0 Å². The normalized spacial score (nSPS) is 24.2. The van der Waals surface area contributed by atoms with E-state index in [-0.39, 0.29) is 43.2 Å². The minimum Gasteiger partial charge on any atom is -0.400 e. The zero-order valence-corrected chi connectivity index (χ0v) is 24.4. The van der Waals surface area contributed by atoms with Gasteiger partial charge >= 0.3 is 12.5 Å². The van der Waals surface area contributed by atoms with E-state index in [1.165, 1.54) is 12.1 Å². The summed E-state index contributed by atoms with van der Waals surface area (Å²) in [7, 11) is 0. The van der Waals surface area contributed by atoms with E-state index in [0.717, 1.165) is 31.2 Å². The highest BCUT2D eigenvalue weighted by Gasteiger charge is 2.43. The third-order valence-electron chi connectivity index (χ3n) is 8.72. The Bertz CT molecular complexity index is 1350. The van der Waals surface area contributed by atoms with E-state index < -0.39 is 54.0 Å². The van der Waals surface area contributed by atoms with Gasteiger partial charge in [-0.25, -0.2) is 17.6 Å². The van der Waals surface area contributed by atoms with Crippen LogP contribution in [0.4, 0.5) is 39.5 Å². The Balaban J connectivity index is 1.34. The summed E-state index contributed by atoms with van der Waals surface area (Å²) in [4.78, 5) is 0. The first-order valence-electron chi connectivity index (χ1n) is 14.7. The highest BCUT2D eigenvalue weighted by Crippen LogP contribution is 2.44. The van der Waals surface area contributed by atoms with Crippen molar-refractivity contribution >= 4 is 0 Å². The molecule has 2 fully saturated rings. The molecule has 0 N–H and O–H groups in total. The summed E-state index contributed by atoms with van der Waals surface area (Å²) in [5, 5.41) is 0. The van der Waals surface area contributed by atoms with Crippen LogP contribution in [0.1, 0.15) is 88.2 Å². The maximum absolute atomic E-state index is 15.2. The van der Waals surface area contributed by atoms with Gasteiger partial charge in [-0.15, -0.1) is 13.2 Å². The lowest BCUT2D eigenvalue weighted by atomic mass is 9.77. The molecular formula is C33H35F9O2. The Morgan fingerprint density at radius 1 is 0.818 bits per heavy atom. The summed E-state index contributed by atoms with van der Waals surface area (Å²) >= 11 is 0. The topological polar surface area (TPSA) is 18.5 Å². The molecule has 4 rings (SSSR count). The van der Waals surface area contributed by atoms with Gasteiger partial charge in [-0.2, -0.15) is 8.78 Å². The van der Waals surface area contributed by atoms with Gasteiger partial charge in [0.2, 0.25) is 0 Å². The highest BCUT2D eigenvalue weighted by atomic mass is 19.4. The number of hydrogen-bond donors (Lipinski definition) is 0. The summed E-state index contributed by atoms with van der Waals surface area (Å²) in [5.74, 6) is -6.91. The van der Waals surface area contributed by atoms with Crippen LogP contribution in [0.15, 0.2) is 59.9 Å². The molecule has 11 heteroatoms. The second kappa shape index (κ2) is 14.0. The average molecular weight is 635 g/mol. The number of benzene rings is 2. The zero-order chi connectivity index (χ0) is 32.2. The van der Waals surface area contributed by atoms with Crippen LogP contribution in [0.5, 0.6) is 0 Å². The molecule has 0 saturated heterocycles. The minimum atomic E-state index is -5.38. The van der Waals surface area contributed by atoms with Crippen LogP contribution in [-0.2, 0) is 9.47 Å². The molecule has 0 unspecified atom stereocenters. The maximum Gasteiger partial charge on any atom is 0.573 e. The van der Waals surface area contributed by atoms with Crippen molar-refractivity contribution in [1.82, 2.24) is 0 Å². The van der Waals surface area contributed by atoms with Crippen molar-refractivity contribution in [2.75, 3.05) is 6.61 Å². The van der Waals surface area contributed by atoms with Crippen molar-refractivity contribution in [2.24, 2.45) is 11.8 Å². The van der Waals surface area contributed by atoms with Crippen LogP contribution in [0.2, 0.25) is 0 Å². The van der Waals surface area contributed by atoms with Gasteiger partial charge in [-0.3, -0.25) is 0 Å². The van der Waals surface area contributed by atoms with Gasteiger partial charge in [0, 0.05) is 5.56 Å². The SMILES string of the molecule is C/C(F)=C(OC(F)(F)F)\C(F)=C/COC(F)(F)C1CCC(c2ccc(-c3ccc(C4CCC(C)CC4)cc3F)cc2F)CC1. The van der Waals surface area contributed by atoms with Crippen LogP contribution in [0.25, 0.3) is 11.1 Å². The summed E-state index contributed by atoms with van der Waals surface area (Å²) in [5.41, 5.74) is 1.94. The van der Waals surface area contributed by atoms with E-state index in [9.17, 15) is 30.7 Å². The number of rotatable bonds is 9. The van der Waals surface area contributed by atoms with Crippen molar-refractivity contribution in [1.29, 1.82) is 0 Å². The van der Waals surface area contributed by atoms with Gasteiger partial charge in [-0.05, 0) is 98.1 Å². The predicted octanol–water partition coefficient (Wildman–Crippen LogP) is 11.4. The molecule has 0 spiro atoms. The molecule has 0 heterocycles. The van der Waals surface area contributed by atoms with Gasteiger partial charge in [0.05, 0.1) is 12.5 Å². The van der Waals surface area contributed by atoms with E-state index in [1.807, 2.05) is 6.07 Å². The standard InChI is InChI=1S/C33H35F9O2/c1-19-3-5-21(6-4-19)23-9-13-27(29(36)17-23)24-10-14-26(30(37)18-24)22-7-11-25(12-8-22)32(38,39)43-16-15-28(35)31(20(2)34)44-33(40,41)42/h9-10,13-15,17-19,21-22,25H,3-8,11-12,16H2,1-2H3/b28-15+,31-20-. The van der Waals surface area contributed by atoms with E-state index in [0.29, 0.717) is 29.9 Å². The Kier molecular flexibility index (Phi) is 10.8. The van der Waals surface area contributed by atoms with Crippen LogP contribution in [0, 0.1) is 23.5 Å². The number of ether oxygens (including phenoxy) is 2. The van der Waals surface area contributed by atoms with Gasteiger partial charge in [-0.1, -0.05) is 44.0 Å². The second-order valence-corrected chi connectivity index (χ2v) is 11.8. The third-order valence-corrected chi connectivity index (χ3v) is 8.72. The number of halogens is 9. The lowest BCUT2D eigenvalue weighted by Gasteiger charge is -2.33.